The van der Waals surface area contributed by atoms with Crippen LogP contribution in [0.15, 0.2) is 12.7 Å². The molecule has 10 heteroatoms. The molecule has 4 heterocycles. The molecule has 2 aliphatic rings. The maximum absolute atomic E-state index is 13.1. The number of imidazole rings is 1. The maximum Gasteiger partial charge on any atom is 0.409 e. The van der Waals surface area contributed by atoms with Crippen molar-refractivity contribution in [3.05, 3.63) is 12.7 Å². The van der Waals surface area contributed by atoms with Gasteiger partial charge in [0.05, 0.1) is 18.9 Å². The van der Waals surface area contributed by atoms with Gasteiger partial charge in [-0.1, -0.05) is 0 Å². The van der Waals surface area contributed by atoms with Crippen LogP contribution in [0.3, 0.4) is 0 Å². The molecule has 0 aliphatic carbocycles. The van der Waals surface area contributed by atoms with Crippen molar-refractivity contribution in [3.63, 3.8) is 0 Å². The second-order valence-electron chi connectivity index (χ2n) is 7.09. The van der Waals surface area contributed by atoms with Crippen LogP contribution in [0.25, 0.3) is 11.2 Å². The van der Waals surface area contributed by atoms with E-state index in [1.165, 1.54) is 6.33 Å². The molecule has 0 spiro atoms. The Hall–Kier alpha value is -2.91. The number of aromatic amines is 1. The second-order valence-corrected chi connectivity index (χ2v) is 7.09. The van der Waals surface area contributed by atoms with Crippen LogP contribution in [-0.4, -0.2) is 87.6 Å². The van der Waals surface area contributed by atoms with Crippen LogP contribution in [0.5, 0.6) is 0 Å². The van der Waals surface area contributed by atoms with E-state index in [4.69, 9.17) is 4.74 Å². The maximum atomic E-state index is 13.1. The van der Waals surface area contributed by atoms with Crippen LogP contribution < -0.4 is 4.90 Å². The van der Waals surface area contributed by atoms with Crippen molar-refractivity contribution in [3.8, 4) is 0 Å². The highest BCUT2D eigenvalue weighted by Gasteiger charge is 2.33. The van der Waals surface area contributed by atoms with Gasteiger partial charge in [-0.15, -0.1) is 0 Å². The predicted molar refractivity (Wildman–Crippen MR) is 102 cm³/mol. The minimum atomic E-state index is -0.300. The second kappa shape index (κ2) is 7.99. The van der Waals surface area contributed by atoms with Crippen LogP contribution in [0.1, 0.15) is 19.8 Å². The normalized spacial score (nSPS) is 20.5. The molecule has 2 amide bonds. The molecule has 2 fully saturated rings. The van der Waals surface area contributed by atoms with Crippen LogP contribution in [0.2, 0.25) is 0 Å². The summed E-state index contributed by atoms with van der Waals surface area (Å²) >= 11 is 0. The van der Waals surface area contributed by atoms with Crippen molar-refractivity contribution < 1.29 is 14.3 Å². The Labute approximate surface area is 162 Å². The molecule has 0 unspecified atom stereocenters. The lowest BCUT2D eigenvalue weighted by Gasteiger charge is -2.39. The summed E-state index contributed by atoms with van der Waals surface area (Å²) in [7, 11) is 0. The van der Waals surface area contributed by atoms with Crippen LogP contribution in [0.4, 0.5) is 10.6 Å². The van der Waals surface area contributed by atoms with E-state index >= 15 is 0 Å². The number of nitrogens with zero attached hydrogens (tertiary/aromatic N) is 6. The monoisotopic (exact) mass is 387 g/mol. The lowest BCUT2D eigenvalue weighted by molar-refractivity contribution is -0.137. The molecule has 0 aromatic carbocycles. The minimum absolute atomic E-state index is 0.0733. The summed E-state index contributed by atoms with van der Waals surface area (Å²) in [5.74, 6) is 0.881. The van der Waals surface area contributed by atoms with E-state index in [0.717, 1.165) is 30.7 Å². The molecular formula is C18H25N7O3. The first-order valence-corrected chi connectivity index (χ1v) is 9.77. The summed E-state index contributed by atoms with van der Waals surface area (Å²) in [5, 5.41) is 0. The number of hydrogen-bond acceptors (Lipinski definition) is 7. The third-order valence-corrected chi connectivity index (χ3v) is 5.39. The van der Waals surface area contributed by atoms with E-state index in [1.54, 1.807) is 18.2 Å². The van der Waals surface area contributed by atoms with Crippen molar-refractivity contribution in [2.75, 3.05) is 50.8 Å². The van der Waals surface area contributed by atoms with Crippen molar-refractivity contribution in [2.24, 2.45) is 5.92 Å². The first-order valence-electron chi connectivity index (χ1n) is 9.77. The zero-order valence-corrected chi connectivity index (χ0v) is 16.0. The molecule has 0 radical (unpaired) electrons. The first kappa shape index (κ1) is 18.5. The van der Waals surface area contributed by atoms with Gasteiger partial charge in [-0.05, 0) is 19.8 Å². The van der Waals surface area contributed by atoms with Crippen molar-refractivity contribution in [2.45, 2.75) is 19.8 Å². The van der Waals surface area contributed by atoms with E-state index in [-0.39, 0.29) is 17.9 Å². The fourth-order valence-electron chi connectivity index (χ4n) is 3.95. The third-order valence-electron chi connectivity index (χ3n) is 5.39. The van der Waals surface area contributed by atoms with Crippen molar-refractivity contribution in [1.29, 1.82) is 0 Å². The predicted octanol–water partition coefficient (Wildman–Crippen LogP) is 0.870. The number of carbonyl (C=O) groups excluding carboxylic acids is 2. The molecule has 1 atom stereocenters. The fraction of sp³-hybridized carbons (Fsp3) is 0.611. The third kappa shape index (κ3) is 3.58. The van der Waals surface area contributed by atoms with Crippen LogP contribution in [-0.2, 0) is 9.53 Å². The Kier molecular flexibility index (Phi) is 5.27. The Morgan fingerprint density at radius 2 is 1.93 bits per heavy atom. The molecule has 2 aromatic rings. The number of piperazine rings is 1. The number of fused-ring (bicyclic) bond motifs is 1. The van der Waals surface area contributed by atoms with Crippen LogP contribution >= 0.6 is 0 Å². The minimum Gasteiger partial charge on any atom is -0.450 e. The van der Waals surface area contributed by atoms with Gasteiger partial charge >= 0.3 is 6.09 Å². The van der Waals surface area contributed by atoms with Crippen LogP contribution in [0, 0.1) is 5.92 Å². The molecule has 2 saturated heterocycles. The number of aromatic nitrogens is 4. The standard InChI is InChI=1S/C18H25N7O3/c1-2-28-18(27)24-8-6-23(7-9-24)17(26)13-4-3-5-25(10-13)16-14-15(20-11-19-14)21-12-22-16/h11-13H,2-10H2,1H3,(H,19,20,21,22)/t13-/m1/s1. The Morgan fingerprint density at radius 1 is 1.14 bits per heavy atom. The number of nitrogens with one attached hydrogen (secondary N) is 1. The van der Waals surface area contributed by atoms with Gasteiger partial charge < -0.3 is 24.4 Å². The highest BCUT2D eigenvalue weighted by molar-refractivity contribution is 5.84. The molecule has 0 saturated carbocycles. The first-order chi connectivity index (χ1) is 13.7. The Morgan fingerprint density at radius 3 is 2.71 bits per heavy atom. The number of amides is 2. The highest BCUT2D eigenvalue weighted by atomic mass is 16.6. The van der Waals surface area contributed by atoms with E-state index in [0.29, 0.717) is 45.0 Å². The summed E-state index contributed by atoms with van der Waals surface area (Å²) < 4.78 is 5.04. The van der Waals surface area contributed by atoms with Gasteiger partial charge in [0.25, 0.3) is 0 Å². The van der Waals surface area contributed by atoms with Crippen molar-refractivity contribution >= 4 is 29.0 Å². The van der Waals surface area contributed by atoms with Gasteiger partial charge in [-0.3, -0.25) is 4.79 Å². The smallest absolute Gasteiger partial charge is 0.409 e. The molecule has 2 aliphatic heterocycles. The van der Waals surface area contributed by atoms with E-state index in [9.17, 15) is 9.59 Å². The van der Waals surface area contributed by atoms with Crippen molar-refractivity contribution in [1.82, 2.24) is 29.7 Å². The lowest BCUT2D eigenvalue weighted by Crippen LogP contribution is -2.53. The number of carbonyl (C=O) groups is 2. The average molecular weight is 387 g/mol. The summed E-state index contributed by atoms with van der Waals surface area (Å²) in [6.07, 6.45) is 4.62. The van der Waals surface area contributed by atoms with E-state index in [2.05, 4.69) is 24.8 Å². The van der Waals surface area contributed by atoms with Gasteiger partial charge in [0.1, 0.15) is 11.8 Å². The molecule has 2 aromatic heterocycles. The quantitative estimate of drug-likeness (QED) is 0.832. The Bertz CT molecular complexity index is 847. The zero-order valence-electron chi connectivity index (χ0n) is 16.0. The van der Waals surface area contributed by atoms with Gasteiger partial charge in [-0.2, -0.15) is 0 Å². The number of piperidine rings is 1. The number of H-pyrrole nitrogens is 1. The Balaban J connectivity index is 1.39. The summed E-state index contributed by atoms with van der Waals surface area (Å²) in [6.45, 7) is 5.76. The summed E-state index contributed by atoms with van der Waals surface area (Å²) in [5.41, 5.74) is 1.44. The summed E-state index contributed by atoms with van der Waals surface area (Å²) in [4.78, 5) is 46.4. The molecule has 4 rings (SSSR count). The number of rotatable bonds is 3. The largest absolute Gasteiger partial charge is 0.450 e. The molecule has 150 valence electrons. The number of anilines is 1. The molecule has 28 heavy (non-hydrogen) atoms. The number of hydrogen-bond donors (Lipinski definition) is 1. The van der Waals surface area contributed by atoms with Gasteiger partial charge in [0.15, 0.2) is 11.5 Å². The summed E-state index contributed by atoms with van der Waals surface area (Å²) in [6, 6.07) is 0. The van der Waals surface area contributed by atoms with E-state index < -0.39 is 0 Å². The fourth-order valence-corrected chi connectivity index (χ4v) is 3.95. The van der Waals surface area contributed by atoms with Gasteiger partial charge in [0.2, 0.25) is 5.91 Å². The topological polar surface area (TPSA) is 108 Å². The molecular weight excluding hydrogens is 362 g/mol. The average Bonchev–Trinajstić information content (AvgIpc) is 3.22. The highest BCUT2D eigenvalue weighted by Crippen LogP contribution is 2.27. The molecule has 0 bridgehead atoms. The zero-order chi connectivity index (χ0) is 19.5. The number of ether oxygens (including phenoxy) is 1. The lowest BCUT2D eigenvalue weighted by atomic mass is 9.96. The van der Waals surface area contributed by atoms with Gasteiger partial charge in [0, 0.05) is 39.3 Å². The molecule has 1 N–H and O–H groups in total. The SMILES string of the molecule is CCOC(=O)N1CCN(C(=O)[C@@H]2CCCN(c3ncnc4nc[nH]c34)C2)CC1. The van der Waals surface area contributed by atoms with E-state index in [1.807, 2.05) is 4.90 Å². The van der Waals surface area contributed by atoms with Gasteiger partial charge in [-0.25, -0.2) is 19.7 Å². The molecule has 10 nitrogen and oxygen atoms in total.